The first-order valence-corrected chi connectivity index (χ1v) is 7.47. The predicted molar refractivity (Wildman–Crippen MR) is 85.2 cm³/mol. The molecule has 1 atom stereocenters. The van der Waals surface area contributed by atoms with Crippen LogP contribution in [0.2, 0.25) is 0 Å². The van der Waals surface area contributed by atoms with Crippen LogP contribution in [-0.2, 0) is 0 Å². The number of hydrogen-bond donors (Lipinski definition) is 2. The molecule has 0 bridgehead atoms. The average molecular weight is 291 g/mol. The summed E-state index contributed by atoms with van der Waals surface area (Å²) in [7, 11) is 3.43. The lowest BCUT2D eigenvalue weighted by atomic mass is 10.3. The number of methoxy groups -OCH3 is 1. The van der Waals surface area contributed by atoms with Gasteiger partial charge in [0, 0.05) is 13.6 Å². The van der Waals surface area contributed by atoms with E-state index >= 15 is 0 Å². The summed E-state index contributed by atoms with van der Waals surface area (Å²) in [4.78, 5) is 4.21. The minimum atomic E-state index is 0.0146. The molecule has 0 heterocycles. The number of hydrogen-bond acceptors (Lipinski definition) is 3. The smallest absolute Gasteiger partial charge is 0.191 e. The van der Waals surface area contributed by atoms with E-state index in [1.807, 2.05) is 31.2 Å². The molecule has 1 fully saturated rings. The van der Waals surface area contributed by atoms with Gasteiger partial charge in [-0.15, -0.1) is 0 Å². The van der Waals surface area contributed by atoms with Crippen LogP contribution in [0.15, 0.2) is 29.3 Å². The Morgan fingerprint density at radius 2 is 2.00 bits per heavy atom. The van der Waals surface area contributed by atoms with Gasteiger partial charge in [0.25, 0.3) is 0 Å². The summed E-state index contributed by atoms with van der Waals surface area (Å²) in [5.74, 6) is 3.17. The van der Waals surface area contributed by atoms with Crippen molar-refractivity contribution in [2.45, 2.75) is 25.9 Å². The van der Waals surface area contributed by atoms with Crippen LogP contribution in [0.4, 0.5) is 0 Å². The predicted octanol–water partition coefficient (Wildman–Crippen LogP) is 2.04. The van der Waals surface area contributed by atoms with Crippen LogP contribution < -0.4 is 20.1 Å². The minimum Gasteiger partial charge on any atom is -0.493 e. The summed E-state index contributed by atoms with van der Waals surface area (Å²) in [5.41, 5.74) is 0. The Labute approximate surface area is 126 Å². The van der Waals surface area contributed by atoms with E-state index in [1.54, 1.807) is 14.2 Å². The maximum atomic E-state index is 5.90. The van der Waals surface area contributed by atoms with E-state index in [4.69, 9.17) is 9.47 Å². The number of aliphatic imine (C=N–C) groups is 1. The highest BCUT2D eigenvalue weighted by Crippen LogP contribution is 2.27. The van der Waals surface area contributed by atoms with Gasteiger partial charge >= 0.3 is 0 Å². The van der Waals surface area contributed by atoms with Gasteiger partial charge in [-0.25, -0.2) is 0 Å². The van der Waals surface area contributed by atoms with E-state index in [0.29, 0.717) is 6.54 Å². The number of rotatable bonds is 7. The molecule has 1 aliphatic carbocycles. The van der Waals surface area contributed by atoms with Gasteiger partial charge < -0.3 is 20.1 Å². The molecule has 116 valence electrons. The Hall–Kier alpha value is -1.91. The molecule has 0 aliphatic heterocycles. The molecule has 1 unspecified atom stereocenters. The molecule has 1 aromatic rings. The molecule has 1 aromatic carbocycles. The van der Waals surface area contributed by atoms with E-state index in [-0.39, 0.29) is 6.10 Å². The van der Waals surface area contributed by atoms with Gasteiger partial charge in [0.15, 0.2) is 17.5 Å². The molecule has 21 heavy (non-hydrogen) atoms. The zero-order valence-corrected chi connectivity index (χ0v) is 13.1. The fourth-order valence-corrected chi connectivity index (χ4v) is 2.00. The van der Waals surface area contributed by atoms with Crippen molar-refractivity contribution in [3.63, 3.8) is 0 Å². The highest BCUT2D eigenvalue weighted by atomic mass is 16.5. The Kier molecular flexibility index (Phi) is 5.72. The molecule has 0 aromatic heterocycles. The molecule has 0 amide bonds. The number of benzene rings is 1. The van der Waals surface area contributed by atoms with Gasteiger partial charge in [-0.05, 0) is 37.8 Å². The summed E-state index contributed by atoms with van der Waals surface area (Å²) in [6.07, 6.45) is 2.68. The maximum absolute atomic E-state index is 5.90. The molecule has 1 saturated carbocycles. The van der Waals surface area contributed by atoms with Crippen molar-refractivity contribution in [2.24, 2.45) is 10.9 Å². The highest BCUT2D eigenvalue weighted by Gasteiger charge is 2.21. The third-order valence-corrected chi connectivity index (χ3v) is 3.43. The monoisotopic (exact) mass is 291 g/mol. The van der Waals surface area contributed by atoms with Gasteiger partial charge in [-0.1, -0.05) is 12.1 Å². The molecule has 1 aliphatic rings. The molecule has 0 spiro atoms. The Morgan fingerprint density at radius 1 is 1.29 bits per heavy atom. The maximum Gasteiger partial charge on any atom is 0.191 e. The lowest BCUT2D eigenvalue weighted by Crippen LogP contribution is -2.42. The van der Waals surface area contributed by atoms with Crippen molar-refractivity contribution >= 4 is 5.96 Å². The minimum absolute atomic E-state index is 0.0146. The van der Waals surface area contributed by atoms with Crippen molar-refractivity contribution in [1.29, 1.82) is 0 Å². The van der Waals surface area contributed by atoms with E-state index < -0.39 is 0 Å². The summed E-state index contributed by atoms with van der Waals surface area (Å²) < 4.78 is 11.2. The molecule has 5 nitrogen and oxygen atoms in total. The van der Waals surface area contributed by atoms with Crippen molar-refractivity contribution in [1.82, 2.24) is 10.6 Å². The lowest BCUT2D eigenvalue weighted by Gasteiger charge is -2.19. The first-order valence-electron chi connectivity index (χ1n) is 7.47. The average Bonchev–Trinajstić information content (AvgIpc) is 3.32. The van der Waals surface area contributed by atoms with Crippen molar-refractivity contribution in [3.05, 3.63) is 24.3 Å². The van der Waals surface area contributed by atoms with Crippen LogP contribution in [0.25, 0.3) is 0 Å². The number of nitrogens with zero attached hydrogens (tertiary/aromatic N) is 1. The number of ether oxygens (including phenoxy) is 2. The first-order chi connectivity index (χ1) is 10.2. The molecular formula is C16H25N3O2. The standard InChI is InChI=1S/C16H25N3O2/c1-12(21-15-7-5-4-6-14(15)20-3)10-18-16(17-2)19-11-13-8-9-13/h4-7,12-13H,8-11H2,1-3H3,(H2,17,18,19). The fraction of sp³-hybridized carbons (Fsp3) is 0.562. The Balaban J connectivity index is 1.76. The molecule has 2 N–H and O–H groups in total. The normalized spacial score (nSPS) is 16.2. The zero-order valence-electron chi connectivity index (χ0n) is 13.1. The fourth-order valence-electron chi connectivity index (χ4n) is 2.00. The van der Waals surface area contributed by atoms with Crippen molar-refractivity contribution < 1.29 is 9.47 Å². The van der Waals surface area contributed by atoms with Crippen LogP contribution in [0.1, 0.15) is 19.8 Å². The molecule has 2 rings (SSSR count). The van der Waals surface area contributed by atoms with E-state index in [9.17, 15) is 0 Å². The number of guanidine groups is 1. The Bertz CT molecular complexity index is 472. The van der Waals surface area contributed by atoms with E-state index in [0.717, 1.165) is 29.9 Å². The van der Waals surface area contributed by atoms with Gasteiger partial charge in [0.1, 0.15) is 6.10 Å². The van der Waals surface area contributed by atoms with Crippen molar-refractivity contribution in [3.8, 4) is 11.5 Å². The van der Waals surface area contributed by atoms with Crippen LogP contribution >= 0.6 is 0 Å². The van der Waals surface area contributed by atoms with Crippen LogP contribution in [-0.4, -0.2) is 39.3 Å². The van der Waals surface area contributed by atoms with Crippen molar-refractivity contribution in [2.75, 3.05) is 27.2 Å². The van der Waals surface area contributed by atoms with Crippen LogP contribution in [0, 0.1) is 5.92 Å². The molecule has 5 heteroatoms. The zero-order chi connectivity index (χ0) is 15.1. The van der Waals surface area contributed by atoms with E-state index in [2.05, 4.69) is 15.6 Å². The topological polar surface area (TPSA) is 54.9 Å². The summed E-state index contributed by atoms with van der Waals surface area (Å²) in [6.45, 7) is 3.71. The SMILES string of the molecule is CN=C(NCC1CC1)NCC(C)Oc1ccccc1OC. The third kappa shape index (κ3) is 5.17. The first kappa shape index (κ1) is 15.5. The lowest BCUT2D eigenvalue weighted by molar-refractivity contribution is 0.213. The molecule has 0 radical (unpaired) electrons. The summed E-state index contributed by atoms with van der Waals surface area (Å²) >= 11 is 0. The van der Waals surface area contributed by atoms with Gasteiger partial charge in [-0.2, -0.15) is 0 Å². The summed E-state index contributed by atoms with van der Waals surface area (Å²) in [5, 5.41) is 6.61. The quantitative estimate of drug-likeness (QED) is 0.596. The van der Waals surface area contributed by atoms with E-state index in [1.165, 1.54) is 12.8 Å². The van der Waals surface area contributed by atoms with Gasteiger partial charge in [0.05, 0.1) is 13.7 Å². The van der Waals surface area contributed by atoms with Gasteiger partial charge in [-0.3, -0.25) is 4.99 Å². The van der Waals surface area contributed by atoms with Crippen LogP contribution in [0.3, 0.4) is 0 Å². The number of nitrogens with one attached hydrogen (secondary N) is 2. The molecular weight excluding hydrogens is 266 g/mol. The Morgan fingerprint density at radius 3 is 2.62 bits per heavy atom. The van der Waals surface area contributed by atoms with Crippen LogP contribution in [0.5, 0.6) is 11.5 Å². The van der Waals surface area contributed by atoms with Gasteiger partial charge in [0.2, 0.25) is 0 Å². The molecule has 0 saturated heterocycles. The highest BCUT2D eigenvalue weighted by molar-refractivity contribution is 5.79. The second-order valence-electron chi connectivity index (χ2n) is 5.36. The largest absolute Gasteiger partial charge is 0.493 e. The third-order valence-electron chi connectivity index (χ3n) is 3.43. The number of para-hydroxylation sites is 2. The second kappa shape index (κ2) is 7.76. The summed E-state index contributed by atoms with van der Waals surface area (Å²) in [6, 6.07) is 7.67. The second-order valence-corrected chi connectivity index (χ2v) is 5.36.